The third-order valence-corrected chi connectivity index (χ3v) is 18.6. The highest BCUT2D eigenvalue weighted by Gasteiger charge is 2.38. The van der Waals surface area contributed by atoms with Crippen LogP contribution >= 0.6 is 0 Å². The third-order valence-electron chi connectivity index (χ3n) is 18.6. The van der Waals surface area contributed by atoms with E-state index in [0.717, 1.165) is 51.4 Å². The van der Waals surface area contributed by atoms with Crippen molar-refractivity contribution in [1.82, 2.24) is 24.8 Å². The molecule has 0 aliphatic carbocycles. The molecule has 1 aliphatic heterocycles. The number of nitrogens with one attached hydrogen (secondary N) is 3. The van der Waals surface area contributed by atoms with Gasteiger partial charge in [-0.3, -0.25) is 24.5 Å². The molecule has 21 heteroatoms. The molecule has 2 unspecified atom stereocenters. The summed E-state index contributed by atoms with van der Waals surface area (Å²) in [6, 6.07) is 3.35. The molecule has 0 bridgehead atoms. The third kappa shape index (κ3) is 42.9. The second-order valence-corrected chi connectivity index (χ2v) is 28.1. The van der Waals surface area contributed by atoms with E-state index in [1.807, 2.05) is 0 Å². The van der Waals surface area contributed by atoms with Crippen LogP contribution in [0.15, 0.2) is 23.3 Å². The molecule has 1 aromatic carbocycles. The zero-order chi connectivity index (χ0) is 72.5. The average Bonchev–Trinajstić information content (AvgIpc) is 1.59. The Morgan fingerprint density at radius 2 is 0.920 bits per heavy atom. The summed E-state index contributed by atoms with van der Waals surface area (Å²) in [6.07, 6.45) is 57.1. The fourth-order valence-corrected chi connectivity index (χ4v) is 12.4. The van der Waals surface area contributed by atoms with Crippen molar-refractivity contribution in [2.45, 2.75) is 361 Å². The van der Waals surface area contributed by atoms with Crippen molar-refractivity contribution in [3.8, 4) is 17.2 Å². The fourth-order valence-electron chi connectivity index (χ4n) is 12.4. The number of aromatic amines is 1. The molecule has 574 valence electrons. The van der Waals surface area contributed by atoms with Gasteiger partial charge in [-0.2, -0.15) is 18.2 Å². The van der Waals surface area contributed by atoms with E-state index in [-0.39, 0.29) is 41.1 Å². The zero-order valence-electron chi connectivity index (χ0n) is 62.8. The van der Waals surface area contributed by atoms with Crippen LogP contribution in [0.5, 0.6) is 17.2 Å². The van der Waals surface area contributed by atoms with Gasteiger partial charge in [-0.25, -0.2) is 19.4 Å². The Labute approximate surface area is 599 Å². The van der Waals surface area contributed by atoms with Crippen molar-refractivity contribution in [3.05, 3.63) is 34.4 Å². The Bertz CT molecular complexity index is 2580. The minimum absolute atomic E-state index is 0.00502. The number of carbonyl (C=O) groups excluding carboxylic acids is 3. The number of alkyl halides is 3. The van der Waals surface area contributed by atoms with Crippen LogP contribution in [-0.2, 0) is 28.6 Å². The summed E-state index contributed by atoms with van der Waals surface area (Å²) in [5.41, 5.74) is 0.0190. The Morgan fingerprint density at radius 1 is 0.560 bits per heavy atom. The Kier molecular flexibility index (Phi) is 51.5. The molecule has 1 aliphatic rings. The first-order chi connectivity index (χ1) is 48.6. The van der Waals surface area contributed by atoms with E-state index < -0.39 is 48.6 Å². The predicted octanol–water partition coefficient (Wildman–Crippen LogP) is 21.2. The lowest BCUT2D eigenvalue weighted by atomic mass is 10.0. The summed E-state index contributed by atoms with van der Waals surface area (Å²) >= 11 is 0. The maximum absolute atomic E-state index is 14.0. The van der Waals surface area contributed by atoms with Gasteiger partial charge in [0, 0.05) is 19.0 Å². The molecule has 4 rings (SSSR count). The smallest absolute Gasteiger partial charge is 0.490 e. The van der Waals surface area contributed by atoms with Crippen molar-refractivity contribution in [2.24, 2.45) is 5.92 Å². The van der Waals surface area contributed by atoms with Gasteiger partial charge in [0.05, 0.1) is 31.7 Å². The van der Waals surface area contributed by atoms with Gasteiger partial charge in [0.15, 0.2) is 29.3 Å². The SMILES string of the molecule is CCCCCCCCCCCCCCCCCCOc1cc(C(=O)OCC(=O)OCC2CNCC(n3cnc4c(=O)[nH]c(NC(=O)C(C)C)nc43)O2)cc(OCCCCCCCCCCCCCCCCCC)c1OCCCCCCCCCCCCCCCCCC.O=C(O)C(F)(F)F. The van der Waals surface area contributed by atoms with Crippen molar-refractivity contribution in [3.63, 3.8) is 0 Å². The molecular weight excluding hydrogens is 1280 g/mol. The van der Waals surface area contributed by atoms with Gasteiger partial charge in [0.1, 0.15) is 18.9 Å². The lowest BCUT2D eigenvalue weighted by Crippen LogP contribution is -2.45. The van der Waals surface area contributed by atoms with E-state index in [4.69, 9.17) is 38.3 Å². The molecule has 1 amide bonds. The molecule has 100 heavy (non-hydrogen) atoms. The number of benzene rings is 1. The van der Waals surface area contributed by atoms with Crippen LogP contribution in [0.1, 0.15) is 359 Å². The molecular formula is C79H135F3N6O12. The van der Waals surface area contributed by atoms with Crippen LogP contribution in [0.4, 0.5) is 19.1 Å². The first-order valence-corrected chi connectivity index (χ1v) is 39.9. The topological polar surface area (TPSA) is 232 Å². The Balaban J connectivity index is 0.00000351. The molecule has 0 spiro atoms. The Morgan fingerprint density at radius 3 is 1.28 bits per heavy atom. The van der Waals surface area contributed by atoms with Crippen molar-refractivity contribution >= 4 is 40.9 Å². The summed E-state index contributed by atoms with van der Waals surface area (Å²) < 4.78 is 70.7. The number of fused-ring (bicyclic) bond motifs is 1. The molecule has 0 saturated carbocycles. The van der Waals surface area contributed by atoms with E-state index in [1.165, 1.54) is 263 Å². The number of nitrogens with zero attached hydrogens (tertiary/aromatic N) is 3. The molecule has 0 radical (unpaired) electrons. The minimum Gasteiger partial charge on any atom is -0.490 e. The van der Waals surface area contributed by atoms with Gasteiger partial charge in [0.2, 0.25) is 17.6 Å². The largest absolute Gasteiger partial charge is 0.490 e. The number of unbranched alkanes of at least 4 members (excludes halogenated alkanes) is 45. The van der Waals surface area contributed by atoms with Gasteiger partial charge in [-0.15, -0.1) is 0 Å². The number of esters is 2. The van der Waals surface area contributed by atoms with Crippen molar-refractivity contribution in [2.75, 3.05) is 51.4 Å². The second kappa shape index (κ2) is 58.0. The molecule has 1 saturated heterocycles. The van der Waals surface area contributed by atoms with Crippen LogP contribution in [-0.4, -0.2) is 107 Å². The molecule has 3 heterocycles. The quantitative estimate of drug-likeness (QED) is 0.0304. The molecule has 1 fully saturated rings. The lowest BCUT2D eigenvalue weighted by molar-refractivity contribution is -0.192. The highest BCUT2D eigenvalue weighted by atomic mass is 19.4. The molecule has 2 atom stereocenters. The van der Waals surface area contributed by atoms with E-state index in [9.17, 15) is 32.3 Å². The number of hydrogen-bond acceptors (Lipinski definition) is 14. The lowest BCUT2D eigenvalue weighted by Gasteiger charge is -2.31. The first-order valence-electron chi connectivity index (χ1n) is 39.9. The van der Waals surface area contributed by atoms with Crippen molar-refractivity contribution in [1.29, 1.82) is 0 Å². The number of hydrogen-bond donors (Lipinski definition) is 4. The summed E-state index contributed by atoms with van der Waals surface area (Å²) in [6.45, 7) is 11.8. The predicted molar refractivity (Wildman–Crippen MR) is 395 cm³/mol. The summed E-state index contributed by atoms with van der Waals surface area (Å²) in [7, 11) is 0. The van der Waals surface area contributed by atoms with Crippen LogP contribution in [0.25, 0.3) is 11.2 Å². The molecule has 3 aromatic rings. The number of imidazole rings is 1. The number of morpholine rings is 1. The van der Waals surface area contributed by atoms with E-state index in [1.54, 1.807) is 30.5 Å². The number of amides is 1. The monoisotopic (exact) mass is 1420 g/mol. The number of carboxylic acid groups (broad SMARTS) is 1. The highest BCUT2D eigenvalue weighted by molar-refractivity contribution is 5.92. The second-order valence-electron chi connectivity index (χ2n) is 28.1. The van der Waals surface area contributed by atoms with Gasteiger partial charge in [-0.1, -0.05) is 324 Å². The van der Waals surface area contributed by atoms with E-state index in [2.05, 4.69) is 46.4 Å². The summed E-state index contributed by atoms with van der Waals surface area (Å²) in [5, 5.41) is 13.1. The number of rotatable bonds is 62. The standard InChI is InChI=1S/C77H134N6O10.C2HF3O2/c1-6-9-12-15-18-21-24-27-30-33-36-39-42-45-48-51-54-88-67-57-65(76(87)92-62-70(84)91-61-66-59-78-60-69(93-66)83-63-79-71-73(83)80-77(82-75(71)86)81-74(85)64(4)5)58-68(89-55-52-49-46-43-40-37-34-31-28-25-22-19-16-13-10-7-2)72(67)90-56-53-50-47-44-41-38-35-32-29-26-23-20-17-14-11-8-3;3-2(4,5)1(6)7/h57-58,63-64,66,69,78H,6-56,59-62H2,1-5H3,(H2,80,81,82,85,86);(H,6,7). The van der Waals surface area contributed by atoms with E-state index in [0.29, 0.717) is 50.2 Å². The van der Waals surface area contributed by atoms with E-state index >= 15 is 0 Å². The highest BCUT2D eigenvalue weighted by Crippen LogP contribution is 2.40. The summed E-state index contributed by atoms with van der Waals surface area (Å²) in [5.74, 6) is -3.40. The maximum Gasteiger partial charge on any atom is 0.490 e. The average molecular weight is 1420 g/mol. The number of carbonyl (C=O) groups is 4. The number of aliphatic carboxylic acids is 1. The zero-order valence-corrected chi connectivity index (χ0v) is 62.8. The normalized spacial score (nSPS) is 13.9. The first kappa shape index (κ1) is 88.8. The number of anilines is 1. The fraction of sp³-hybridized carbons (Fsp3) is 0.810. The van der Waals surface area contributed by atoms with Crippen LogP contribution < -0.4 is 30.4 Å². The van der Waals surface area contributed by atoms with Gasteiger partial charge >= 0.3 is 24.1 Å². The maximum atomic E-state index is 14.0. The molecule has 4 N–H and O–H groups in total. The number of H-pyrrole nitrogens is 1. The number of halogens is 3. The van der Waals surface area contributed by atoms with Crippen molar-refractivity contribution < 1.29 is 65.9 Å². The molecule has 2 aromatic heterocycles. The number of carboxylic acids is 1. The van der Waals surface area contributed by atoms with Crippen LogP contribution in [0, 0.1) is 5.92 Å². The van der Waals surface area contributed by atoms with Gasteiger partial charge in [0.25, 0.3) is 5.56 Å². The van der Waals surface area contributed by atoms with Crippen LogP contribution in [0.2, 0.25) is 0 Å². The minimum atomic E-state index is -5.08. The number of ether oxygens (including phenoxy) is 6. The molecule has 18 nitrogen and oxygen atoms in total. The summed E-state index contributed by atoms with van der Waals surface area (Å²) in [4.78, 5) is 72.7. The van der Waals surface area contributed by atoms with Gasteiger partial charge in [-0.05, 0) is 31.4 Å². The van der Waals surface area contributed by atoms with Gasteiger partial charge < -0.3 is 38.8 Å². The van der Waals surface area contributed by atoms with Crippen LogP contribution in [0.3, 0.4) is 0 Å². The number of aromatic nitrogens is 4. The Hall–Kier alpha value is -5.44.